The van der Waals surface area contributed by atoms with Crippen LogP contribution >= 0.6 is 0 Å². The topological polar surface area (TPSA) is 131 Å². The van der Waals surface area contributed by atoms with Gasteiger partial charge in [-0.15, -0.1) is 0 Å². The number of fused-ring (bicyclic) bond motifs is 1. The minimum absolute atomic E-state index is 0.0543. The fraction of sp³-hybridized carbons (Fsp3) is 0.438. The molecule has 2 aliphatic rings. The van der Waals surface area contributed by atoms with Crippen LogP contribution in [0.1, 0.15) is 36.7 Å². The van der Waals surface area contributed by atoms with E-state index in [0.717, 1.165) is 11.3 Å². The van der Waals surface area contributed by atoms with Crippen LogP contribution in [0.2, 0.25) is 0 Å². The average molecular weight is 622 g/mol. The Labute approximate surface area is 259 Å². The minimum Gasteiger partial charge on any atom is -0.453 e. The maximum absolute atomic E-state index is 15.5. The van der Waals surface area contributed by atoms with Crippen LogP contribution in [-0.4, -0.2) is 88.2 Å². The number of hydrogen-bond acceptors (Lipinski definition) is 9. The molecule has 13 heteroatoms. The maximum Gasteiger partial charge on any atom is 0.409 e. The van der Waals surface area contributed by atoms with Crippen molar-refractivity contribution in [2.45, 2.75) is 43.9 Å². The van der Waals surface area contributed by atoms with Gasteiger partial charge in [0.15, 0.2) is 0 Å². The van der Waals surface area contributed by atoms with Crippen molar-refractivity contribution in [1.82, 2.24) is 24.5 Å². The summed E-state index contributed by atoms with van der Waals surface area (Å²) in [4.78, 5) is 24.9. The van der Waals surface area contributed by atoms with Gasteiger partial charge >= 0.3 is 6.09 Å². The number of carbonyl (C=O) groups excluding carboxylic acids is 1. The zero-order chi connectivity index (χ0) is 31.9. The van der Waals surface area contributed by atoms with E-state index in [1.807, 2.05) is 6.07 Å². The summed E-state index contributed by atoms with van der Waals surface area (Å²) < 4.78 is 42.7. The number of pyridine rings is 1. The van der Waals surface area contributed by atoms with Gasteiger partial charge < -0.3 is 30.1 Å². The molecule has 2 saturated heterocycles. The predicted octanol–water partition coefficient (Wildman–Crippen LogP) is 3.51. The molecule has 1 amide bonds. The van der Waals surface area contributed by atoms with Crippen molar-refractivity contribution < 1.29 is 28.2 Å². The first-order chi connectivity index (χ1) is 21.6. The highest BCUT2D eigenvalue weighted by atomic mass is 19.1. The average Bonchev–Trinajstić information content (AvgIpc) is 3.42. The molecule has 2 fully saturated rings. The highest BCUT2D eigenvalue weighted by Crippen LogP contribution is 2.36. The van der Waals surface area contributed by atoms with Gasteiger partial charge in [0.25, 0.3) is 0 Å². The quantitative estimate of drug-likeness (QED) is 0.332. The number of aromatic nitrogens is 4. The van der Waals surface area contributed by atoms with Gasteiger partial charge in [-0.2, -0.15) is 5.10 Å². The second kappa shape index (κ2) is 12.3. The molecule has 3 atom stereocenters. The van der Waals surface area contributed by atoms with Crippen LogP contribution in [-0.2, 0) is 21.5 Å². The number of halogens is 2. The van der Waals surface area contributed by atoms with Gasteiger partial charge in [-0.1, -0.05) is 6.92 Å². The van der Waals surface area contributed by atoms with E-state index in [2.05, 4.69) is 26.9 Å². The van der Waals surface area contributed by atoms with E-state index in [1.165, 1.54) is 19.2 Å². The van der Waals surface area contributed by atoms with Crippen molar-refractivity contribution in [3.05, 3.63) is 77.5 Å². The fourth-order valence-electron chi connectivity index (χ4n) is 6.75. The number of nitrogens with zero attached hydrogens (tertiary/aromatic N) is 6. The number of benzene rings is 1. The summed E-state index contributed by atoms with van der Waals surface area (Å²) in [5.41, 5.74) is 7.73. The Balaban J connectivity index is 1.28. The van der Waals surface area contributed by atoms with E-state index in [0.29, 0.717) is 44.1 Å². The van der Waals surface area contributed by atoms with E-state index in [9.17, 15) is 9.90 Å². The zero-order valence-electron chi connectivity index (χ0n) is 25.5. The Hall–Kier alpha value is -4.20. The number of ether oxygens (including phenoxy) is 2. The third-order valence-corrected chi connectivity index (χ3v) is 9.05. The summed E-state index contributed by atoms with van der Waals surface area (Å²) >= 11 is 0. The number of aliphatic hydroxyl groups is 1. The van der Waals surface area contributed by atoms with Crippen molar-refractivity contribution in [1.29, 1.82) is 0 Å². The molecule has 6 rings (SSSR count). The largest absolute Gasteiger partial charge is 0.453 e. The van der Waals surface area contributed by atoms with Gasteiger partial charge in [-0.25, -0.2) is 23.1 Å². The third-order valence-electron chi connectivity index (χ3n) is 9.05. The molecule has 4 aromatic rings. The van der Waals surface area contributed by atoms with E-state index in [-0.39, 0.29) is 47.7 Å². The van der Waals surface area contributed by atoms with Crippen LogP contribution in [0, 0.1) is 17.6 Å². The highest BCUT2D eigenvalue weighted by molar-refractivity contribution is 5.68. The number of likely N-dealkylation sites (N-methyl/N-ethyl adjacent to an activating group) is 1. The molecule has 1 aromatic carbocycles. The first-order valence-corrected chi connectivity index (χ1v) is 15.0. The smallest absolute Gasteiger partial charge is 0.409 e. The van der Waals surface area contributed by atoms with Gasteiger partial charge in [-0.05, 0) is 41.8 Å². The SMILES string of the molecule is COC(=O)N(C)[C@@H]1[C@H](N)CN(c2ccncc2Cc2ncc3ccc(-c4c(F)cc(C5(O)CCOCC5)cc4F)nn23)C[C@@H]1C. The van der Waals surface area contributed by atoms with Gasteiger partial charge in [0, 0.05) is 82.3 Å². The lowest BCUT2D eigenvalue weighted by molar-refractivity contribution is -0.0682. The number of hydrogen-bond donors (Lipinski definition) is 2. The molecule has 0 unspecified atom stereocenters. The molecule has 45 heavy (non-hydrogen) atoms. The van der Waals surface area contributed by atoms with E-state index >= 15 is 8.78 Å². The van der Waals surface area contributed by atoms with Gasteiger partial charge in [0.05, 0.1) is 41.7 Å². The third kappa shape index (κ3) is 5.83. The van der Waals surface area contributed by atoms with Crippen LogP contribution in [0.5, 0.6) is 0 Å². The molecule has 0 radical (unpaired) electrons. The Morgan fingerprint density at radius 2 is 1.91 bits per heavy atom. The monoisotopic (exact) mass is 621 g/mol. The molecule has 0 spiro atoms. The molecule has 0 aliphatic carbocycles. The summed E-state index contributed by atoms with van der Waals surface area (Å²) in [5.74, 6) is -0.995. The molecule has 238 valence electrons. The van der Waals surface area contributed by atoms with Gasteiger partial charge in [-0.3, -0.25) is 4.98 Å². The molecule has 3 aromatic heterocycles. The van der Waals surface area contributed by atoms with E-state index in [1.54, 1.807) is 47.2 Å². The normalized spacial score (nSPS) is 21.6. The lowest BCUT2D eigenvalue weighted by Crippen LogP contribution is -2.62. The molecule has 0 saturated carbocycles. The van der Waals surface area contributed by atoms with Crippen molar-refractivity contribution in [3.63, 3.8) is 0 Å². The first-order valence-electron chi connectivity index (χ1n) is 15.0. The van der Waals surface area contributed by atoms with Gasteiger partial charge in [0.1, 0.15) is 17.5 Å². The lowest BCUT2D eigenvalue weighted by atomic mass is 9.85. The van der Waals surface area contributed by atoms with Crippen molar-refractivity contribution in [3.8, 4) is 11.3 Å². The zero-order valence-corrected chi connectivity index (χ0v) is 25.5. The van der Waals surface area contributed by atoms with E-state index < -0.39 is 23.3 Å². The van der Waals surface area contributed by atoms with Crippen LogP contribution in [0.25, 0.3) is 16.8 Å². The van der Waals surface area contributed by atoms with Crippen LogP contribution in [0.3, 0.4) is 0 Å². The number of rotatable bonds is 6. The number of amides is 1. The van der Waals surface area contributed by atoms with Gasteiger partial charge in [0.2, 0.25) is 0 Å². The maximum atomic E-state index is 15.5. The number of piperidine rings is 1. The first kappa shape index (κ1) is 30.8. The summed E-state index contributed by atoms with van der Waals surface area (Å²) in [6.45, 7) is 3.85. The molecular formula is C32H37F2N7O4. The minimum atomic E-state index is -1.34. The Morgan fingerprint density at radius 3 is 2.60 bits per heavy atom. The van der Waals surface area contributed by atoms with Crippen molar-refractivity contribution >= 4 is 17.3 Å². The molecule has 11 nitrogen and oxygen atoms in total. The van der Waals surface area contributed by atoms with Crippen molar-refractivity contribution in [2.75, 3.05) is 45.4 Å². The second-order valence-electron chi connectivity index (χ2n) is 12.0. The van der Waals surface area contributed by atoms with Crippen LogP contribution < -0.4 is 10.6 Å². The second-order valence-corrected chi connectivity index (χ2v) is 12.0. The number of anilines is 1. The lowest BCUT2D eigenvalue weighted by Gasteiger charge is -2.45. The summed E-state index contributed by atoms with van der Waals surface area (Å²) in [6, 6.07) is 7.05. The summed E-state index contributed by atoms with van der Waals surface area (Å²) in [5, 5.41) is 15.6. The number of nitrogens with two attached hydrogens (primary N) is 1. The molecule has 5 heterocycles. The number of carbonyl (C=O) groups is 1. The van der Waals surface area contributed by atoms with Crippen LogP contribution in [0.15, 0.2) is 48.9 Å². The molecule has 0 bridgehead atoms. The number of methoxy groups -OCH3 is 1. The molecule has 3 N–H and O–H groups in total. The van der Waals surface area contributed by atoms with E-state index in [4.69, 9.17) is 15.2 Å². The predicted molar refractivity (Wildman–Crippen MR) is 163 cm³/mol. The standard InChI is InChI=1S/C32H37F2N7O4/c1-19-17-40(18-25(35)30(19)39(2)31(42)44-3)27-6-9-36-15-20(27)12-28-37-16-22-4-5-26(38-41(22)28)29-23(33)13-21(14-24(29)34)32(43)7-10-45-11-8-32/h4-6,9,13-16,19,25,30,43H,7-8,10-12,17-18,35H2,1-3H3/t19-,25+,30-/m0/s1. The fourth-order valence-corrected chi connectivity index (χ4v) is 6.75. The number of imidazole rings is 1. The Bertz CT molecular complexity index is 1680. The molecular weight excluding hydrogens is 584 g/mol. The Morgan fingerprint density at radius 1 is 1.18 bits per heavy atom. The van der Waals surface area contributed by atoms with Crippen LogP contribution in [0.4, 0.5) is 19.3 Å². The Kier molecular flexibility index (Phi) is 8.42. The highest BCUT2D eigenvalue weighted by Gasteiger charge is 2.38. The summed E-state index contributed by atoms with van der Waals surface area (Å²) in [6.07, 6.45) is 5.58. The molecule has 2 aliphatic heterocycles. The summed E-state index contributed by atoms with van der Waals surface area (Å²) in [7, 11) is 3.05. The van der Waals surface area contributed by atoms with Crippen molar-refractivity contribution in [2.24, 2.45) is 11.7 Å².